The van der Waals surface area contributed by atoms with E-state index in [1.54, 1.807) is 0 Å². The van der Waals surface area contributed by atoms with Gasteiger partial charge in [0.05, 0.1) is 0 Å². The third kappa shape index (κ3) is 3.58. The Morgan fingerprint density at radius 1 is 1.10 bits per heavy atom. The summed E-state index contributed by atoms with van der Waals surface area (Å²) in [4.78, 5) is 5.14. The second-order valence-electron chi connectivity index (χ2n) is 7.15. The molecule has 0 aliphatic carbocycles. The van der Waals surface area contributed by atoms with Crippen LogP contribution in [0.5, 0.6) is 0 Å². The molecule has 21 heavy (non-hydrogen) atoms. The molecule has 3 nitrogen and oxygen atoms in total. The van der Waals surface area contributed by atoms with Crippen molar-refractivity contribution in [3.05, 3.63) is 30.3 Å². The van der Waals surface area contributed by atoms with Crippen molar-refractivity contribution in [2.75, 3.05) is 37.6 Å². The van der Waals surface area contributed by atoms with Gasteiger partial charge in [0, 0.05) is 36.9 Å². The van der Waals surface area contributed by atoms with Gasteiger partial charge in [-0.3, -0.25) is 4.90 Å². The lowest BCUT2D eigenvalue weighted by Gasteiger charge is -2.36. The first-order valence-electron chi connectivity index (χ1n) is 8.44. The van der Waals surface area contributed by atoms with Crippen molar-refractivity contribution in [3.63, 3.8) is 0 Å². The number of rotatable bonds is 5. The minimum atomic E-state index is 0.288. The van der Waals surface area contributed by atoms with Crippen molar-refractivity contribution < 1.29 is 0 Å². The number of nitrogens with zero attached hydrogens (tertiary/aromatic N) is 2. The van der Waals surface area contributed by atoms with Gasteiger partial charge in [0.15, 0.2) is 0 Å². The molecule has 3 rings (SSSR count). The number of benzene rings is 1. The predicted molar refractivity (Wildman–Crippen MR) is 89.9 cm³/mol. The highest BCUT2D eigenvalue weighted by Crippen LogP contribution is 2.22. The number of hydrogen-bond acceptors (Lipinski definition) is 3. The van der Waals surface area contributed by atoms with Crippen LogP contribution in [0, 0.1) is 0 Å². The van der Waals surface area contributed by atoms with Gasteiger partial charge in [0.1, 0.15) is 0 Å². The lowest BCUT2D eigenvalue weighted by molar-refractivity contribution is 0.148. The minimum Gasteiger partial charge on any atom is -0.370 e. The Morgan fingerprint density at radius 3 is 2.52 bits per heavy atom. The first-order valence-corrected chi connectivity index (χ1v) is 8.44. The molecular weight excluding hydrogens is 258 g/mol. The summed E-state index contributed by atoms with van der Waals surface area (Å²) in [5.74, 6) is 0. The molecule has 0 amide bonds. The maximum absolute atomic E-state index is 3.82. The van der Waals surface area contributed by atoms with E-state index in [2.05, 4.69) is 59.3 Å². The Morgan fingerprint density at radius 2 is 1.81 bits per heavy atom. The molecule has 2 aliphatic rings. The van der Waals surface area contributed by atoms with Gasteiger partial charge in [-0.1, -0.05) is 18.2 Å². The Hall–Kier alpha value is -1.06. The van der Waals surface area contributed by atoms with Gasteiger partial charge in [0.25, 0.3) is 0 Å². The number of para-hydroxylation sites is 1. The monoisotopic (exact) mass is 287 g/mol. The summed E-state index contributed by atoms with van der Waals surface area (Å²) < 4.78 is 0. The quantitative estimate of drug-likeness (QED) is 0.898. The SMILES string of the molecule is CC(C)(CNC1CCN(c2ccccc2)C1)N1CCCC1. The molecule has 0 spiro atoms. The first kappa shape index (κ1) is 14.9. The summed E-state index contributed by atoms with van der Waals surface area (Å²) in [6, 6.07) is 11.4. The number of likely N-dealkylation sites (tertiary alicyclic amines) is 1. The van der Waals surface area contributed by atoms with E-state index in [1.165, 1.54) is 44.6 Å². The van der Waals surface area contributed by atoms with E-state index in [9.17, 15) is 0 Å². The highest BCUT2D eigenvalue weighted by Gasteiger charge is 2.30. The molecule has 1 N–H and O–H groups in total. The van der Waals surface area contributed by atoms with Crippen molar-refractivity contribution in [2.45, 2.75) is 44.7 Å². The highest BCUT2D eigenvalue weighted by atomic mass is 15.2. The smallest absolute Gasteiger partial charge is 0.0366 e. The van der Waals surface area contributed by atoms with E-state index in [-0.39, 0.29) is 5.54 Å². The molecule has 0 bridgehead atoms. The molecule has 2 heterocycles. The van der Waals surface area contributed by atoms with E-state index in [0.29, 0.717) is 6.04 Å². The summed E-state index contributed by atoms with van der Waals surface area (Å²) in [5, 5.41) is 3.82. The Balaban J connectivity index is 1.49. The maximum Gasteiger partial charge on any atom is 0.0366 e. The zero-order chi connectivity index (χ0) is 14.7. The van der Waals surface area contributed by atoms with Crippen LogP contribution in [-0.2, 0) is 0 Å². The summed E-state index contributed by atoms with van der Waals surface area (Å²) in [6.45, 7) is 10.7. The molecule has 1 atom stereocenters. The van der Waals surface area contributed by atoms with Gasteiger partial charge in [-0.2, -0.15) is 0 Å². The lowest BCUT2D eigenvalue weighted by Crippen LogP contribution is -2.51. The predicted octanol–water partition coefficient (Wildman–Crippen LogP) is 2.73. The molecule has 0 saturated carbocycles. The molecule has 2 aliphatic heterocycles. The van der Waals surface area contributed by atoms with Crippen molar-refractivity contribution in [1.29, 1.82) is 0 Å². The van der Waals surface area contributed by atoms with E-state index in [0.717, 1.165) is 13.1 Å². The molecule has 2 fully saturated rings. The molecular formula is C18H29N3. The minimum absolute atomic E-state index is 0.288. The van der Waals surface area contributed by atoms with Gasteiger partial charge in [-0.25, -0.2) is 0 Å². The van der Waals surface area contributed by atoms with Crippen molar-refractivity contribution in [1.82, 2.24) is 10.2 Å². The van der Waals surface area contributed by atoms with Crippen molar-refractivity contribution >= 4 is 5.69 Å². The molecule has 1 aromatic carbocycles. The number of nitrogens with one attached hydrogen (secondary N) is 1. The first-order chi connectivity index (χ1) is 10.1. The van der Waals surface area contributed by atoms with Crippen LogP contribution in [0.4, 0.5) is 5.69 Å². The van der Waals surface area contributed by atoms with Crippen LogP contribution < -0.4 is 10.2 Å². The van der Waals surface area contributed by atoms with Gasteiger partial charge < -0.3 is 10.2 Å². The Labute approximate surface area is 129 Å². The second kappa shape index (κ2) is 6.37. The zero-order valence-electron chi connectivity index (χ0n) is 13.5. The largest absolute Gasteiger partial charge is 0.370 e. The zero-order valence-corrected chi connectivity index (χ0v) is 13.5. The lowest BCUT2D eigenvalue weighted by atomic mass is 10.0. The van der Waals surface area contributed by atoms with Crippen LogP contribution in [-0.4, -0.2) is 49.2 Å². The average Bonchev–Trinajstić information content (AvgIpc) is 3.18. The van der Waals surface area contributed by atoms with Crippen LogP contribution in [0.2, 0.25) is 0 Å². The van der Waals surface area contributed by atoms with Crippen LogP contribution in [0.15, 0.2) is 30.3 Å². The van der Waals surface area contributed by atoms with Crippen molar-refractivity contribution in [3.8, 4) is 0 Å². The highest BCUT2D eigenvalue weighted by molar-refractivity contribution is 5.47. The van der Waals surface area contributed by atoms with E-state index in [4.69, 9.17) is 0 Å². The standard InChI is InChI=1S/C18H29N3/c1-18(2,21-11-6-7-12-21)15-19-16-10-13-20(14-16)17-8-4-3-5-9-17/h3-5,8-9,16,19H,6-7,10-15H2,1-2H3. The van der Waals surface area contributed by atoms with E-state index in [1.807, 2.05) is 0 Å². The van der Waals surface area contributed by atoms with Gasteiger partial charge in [0.2, 0.25) is 0 Å². The normalized spacial score (nSPS) is 23.9. The Kier molecular flexibility index (Phi) is 4.51. The molecule has 1 unspecified atom stereocenters. The number of anilines is 1. The Bertz CT molecular complexity index is 437. The molecule has 2 saturated heterocycles. The van der Waals surface area contributed by atoms with Gasteiger partial charge in [-0.15, -0.1) is 0 Å². The average molecular weight is 287 g/mol. The van der Waals surface area contributed by atoms with E-state index >= 15 is 0 Å². The van der Waals surface area contributed by atoms with Crippen LogP contribution in [0.1, 0.15) is 33.1 Å². The van der Waals surface area contributed by atoms with Gasteiger partial charge >= 0.3 is 0 Å². The summed E-state index contributed by atoms with van der Waals surface area (Å²) in [7, 11) is 0. The maximum atomic E-state index is 3.82. The third-order valence-electron chi connectivity index (χ3n) is 5.10. The fourth-order valence-corrected chi connectivity index (χ4v) is 3.63. The molecule has 0 radical (unpaired) electrons. The fraction of sp³-hybridized carbons (Fsp3) is 0.667. The topological polar surface area (TPSA) is 18.5 Å². The fourth-order valence-electron chi connectivity index (χ4n) is 3.63. The van der Waals surface area contributed by atoms with Crippen LogP contribution >= 0.6 is 0 Å². The molecule has 0 aromatic heterocycles. The van der Waals surface area contributed by atoms with Crippen LogP contribution in [0.3, 0.4) is 0 Å². The molecule has 116 valence electrons. The van der Waals surface area contributed by atoms with Crippen LogP contribution in [0.25, 0.3) is 0 Å². The molecule has 3 heteroatoms. The van der Waals surface area contributed by atoms with Crippen molar-refractivity contribution in [2.24, 2.45) is 0 Å². The third-order valence-corrected chi connectivity index (χ3v) is 5.10. The van der Waals surface area contributed by atoms with Gasteiger partial charge in [-0.05, 0) is 58.3 Å². The summed E-state index contributed by atoms with van der Waals surface area (Å²) >= 11 is 0. The summed E-state index contributed by atoms with van der Waals surface area (Å²) in [6.07, 6.45) is 3.99. The second-order valence-corrected chi connectivity index (χ2v) is 7.15. The molecule has 1 aromatic rings. The van der Waals surface area contributed by atoms with E-state index < -0.39 is 0 Å². The number of hydrogen-bond donors (Lipinski definition) is 1. The summed E-state index contributed by atoms with van der Waals surface area (Å²) in [5.41, 5.74) is 1.65.